The van der Waals surface area contributed by atoms with Crippen molar-refractivity contribution < 1.29 is 17.9 Å². The molecule has 2 N–H and O–H groups in total. The predicted molar refractivity (Wildman–Crippen MR) is 102 cm³/mol. The maximum atomic E-state index is 12.8. The van der Waals surface area contributed by atoms with E-state index in [1.54, 1.807) is 0 Å². The fraction of sp³-hybridized carbons (Fsp3) is 0.471. The summed E-state index contributed by atoms with van der Waals surface area (Å²) in [5, 5.41) is 13.8. The quantitative estimate of drug-likeness (QED) is 0.760. The van der Waals surface area contributed by atoms with Gasteiger partial charge in [0.05, 0.1) is 40.2 Å². The number of benzene rings is 1. The van der Waals surface area contributed by atoms with Crippen molar-refractivity contribution in [3.05, 3.63) is 34.6 Å². The molecule has 1 atom stereocenters. The summed E-state index contributed by atoms with van der Waals surface area (Å²) >= 11 is 6.21. The minimum absolute atomic E-state index is 0.0940. The van der Waals surface area contributed by atoms with Crippen molar-refractivity contribution >= 4 is 33.2 Å². The molecule has 1 unspecified atom stereocenters. The molecule has 0 bridgehead atoms. The highest BCUT2D eigenvalue weighted by Crippen LogP contribution is 2.29. The number of amides is 1. The first-order valence-corrected chi connectivity index (χ1v) is 10.8. The molecule has 11 heteroatoms. The number of aromatic nitrogens is 3. The van der Waals surface area contributed by atoms with Crippen LogP contribution in [-0.4, -0.2) is 60.3 Å². The molecule has 28 heavy (non-hydrogen) atoms. The molecular formula is C17H20ClN5O4S. The summed E-state index contributed by atoms with van der Waals surface area (Å²) in [4.78, 5) is 12.8. The monoisotopic (exact) mass is 425 g/mol. The molecule has 1 aromatic carbocycles. The van der Waals surface area contributed by atoms with Gasteiger partial charge in [0.2, 0.25) is 15.9 Å². The highest BCUT2D eigenvalue weighted by molar-refractivity contribution is 7.89. The first-order chi connectivity index (χ1) is 13.4. The van der Waals surface area contributed by atoms with Crippen LogP contribution < -0.4 is 5.32 Å². The molecule has 1 amide bonds. The summed E-state index contributed by atoms with van der Waals surface area (Å²) in [6, 6.07) is 4.35. The van der Waals surface area contributed by atoms with Crippen LogP contribution >= 0.6 is 11.6 Å². The zero-order chi connectivity index (χ0) is 19.7. The molecule has 9 nitrogen and oxygen atoms in total. The fourth-order valence-electron chi connectivity index (χ4n) is 3.44. The van der Waals surface area contributed by atoms with Crippen molar-refractivity contribution in [3.8, 4) is 0 Å². The minimum Gasteiger partial charge on any atom is -0.379 e. The summed E-state index contributed by atoms with van der Waals surface area (Å²) < 4.78 is 32.3. The topological polar surface area (TPSA) is 117 Å². The van der Waals surface area contributed by atoms with Gasteiger partial charge in [0.15, 0.2) is 0 Å². The Kier molecular flexibility index (Phi) is 5.37. The van der Waals surface area contributed by atoms with Gasteiger partial charge < -0.3 is 10.1 Å². The number of hydrogen-bond donors (Lipinski definition) is 2. The van der Waals surface area contributed by atoms with Gasteiger partial charge in [-0.15, -0.1) is 0 Å². The normalized spacial score (nSPS) is 20.5. The van der Waals surface area contributed by atoms with E-state index in [0.717, 1.165) is 11.4 Å². The Morgan fingerprint density at radius 1 is 1.25 bits per heavy atom. The van der Waals surface area contributed by atoms with Crippen LogP contribution in [0.15, 0.2) is 23.1 Å². The predicted octanol–water partition coefficient (Wildman–Crippen LogP) is 1.22. The van der Waals surface area contributed by atoms with Gasteiger partial charge >= 0.3 is 0 Å². The molecule has 1 aliphatic heterocycles. The molecule has 0 saturated carbocycles. The molecule has 2 aliphatic rings. The number of nitrogens with zero attached hydrogens (tertiary/aromatic N) is 3. The summed E-state index contributed by atoms with van der Waals surface area (Å²) in [5.74, 6) is -0.482. The number of ether oxygens (including phenoxy) is 1. The van der Waals surface area contributed by atoms with Crippen LogP contribution in [0, 0.1) is 5.92 Å². The number of nitrogens with one attached hydrogen (secondary N) is 2. The Labute approximate surface area is 167 Å². The van der Waals surface area contributed by atoms with Crippen LogP contribution in [0.4, 0.5) is 5.69 Å². The maximum absolute atomic E-state index is 12.8. The summed E-state index contributed by atoms with van der Waals surface area (Å²) in [5.41, 5.74) is 1.97. The Hall–Kier alpha value is -2.01. The first-order valence-electron chi connectivity index (χ1n) is 9.02. The van der Waals surface area contributed by atoms with E-state index >= 15 is 0 Å². The number of H-pyrrole nitrogens is 1. The lowest BCUT2D eigenvalue weighted by atomic mass is 9.89. The van der Waals surface area contributed by atoms with Gasteiger partial charge in [0, 0.05) is 25.4 Å². The van der Waals surface area contributed by atoms with Crippen molar-refractivity contribution in [2.45, 2.75) is 24.2 Å². The lowest BCUT2D eigenvalue weighted by molar-refractivity contribution is -0.120. The number of hydrogen-bond acceptors (Lipinski definition) is 6. The molecule has 0 radical (unpaired) electrons. The molecule has 1 fully saturated rings. The number of aryl methyl sites for hydroxylation is 1. The average molecular weight is 426 g/mol. The van der Waals surface area contributed by atoms with Crippen molar-refractivity contribution in [1.29, 1.82) is 0 Å². The van der Waals surface area contributed by atoms with Crippen LogP contribution in [0.25, 0.3) is 0 Å². The molecule has 1 aliphatic carbocycles. The van der Waals surface area contributed by atoms with Crippen LogP contribution in [0.1, 0.15) is 17.8 Å². The maximum Gasteiger partial charge on any atom is 0.243 e. The highest BCUT2D eigenvalue weighted by atomic mass is 35.5. The van der Waals surface area contributed by atoms with Crippen LogP contribution in [0.3, 0.4) is 0 Å². The van der Waals surface area contributed by atoms with E-state index < -0.39 is 10.0 Å². The smallest absolute Gasteiger partial charge is 0.243 e. The first kappa shape index (κ1) is 19.3. The van der Waals surface area contributed by atoms with E-state index in [4.69, 9.17) is 16.3 Å². The Bertz CT molecular complexity index is 987. The lowest BCUT2D eigenvalue weighted by Crippen LogP contribution is -2.40. The van der Waals surface area contributed by atoms with Crippen molar-refractivity contribution in [2.24, 2.45) is 5.92 Å². The SMILES string of the molecule is O=C(Nc1cc(S(=O)(=O)N2CCOCC2)ccc1Cl)C1CCc2n[nH]nc2C1. The van der Waals surface area contributed by atoms with Gasteiger partial charge in [-0.05, 0) is 31.0 Å². The van der Waals surface area contributed by atoms with Gasteiger partial charge in [0.25, 0.3) is 0 Å². The molecular weight excluding hydrogens is 406 g/mol. The van der Waals surface area contributed by atoms with Gasteiger partial charge in [-0.1, -0.05) is 11.6 Å². The number of morpholine rings is 1. The number of carbonyl (C=O) groups excluding carboxylic acids is 1. The summed E-state index contributed by atoms with van der Waals surface area (Å²) in [6.07, 6.45) is 1.80. The number of fused-ring (bicyclic) bond motifs is 1. The summed E-state index contributed by atoms with van der Waals surface area (Å²) in [7, 11) is -3.67. The van der Waals surface area contributed by atoms with E-state index in [1.807, 2.05) is 0 Å². The van der Waals surface area contributed by atoms with Crippen molar-refractivity contribution in [3.63, 3.8) is 0 Å². The second-order valence-corrected chi connectivity index (χ2v) is 9.15. The van der Waals surface area contributed by atoms with E-state index in [0.29, 0.717) is 45.6 Å². The van der Waals surface area contributed by atoms with Gasteiger partial charge in [0.1, 0.15) is 0 Å². The number of sulfonamides is 1. The number of rotatable bonds is 4. The molecule has 2 aromatic rings. The second kappa shape index (κ2) is 7.78. The number of halogens is 1. The Balaban J connectivity index is 1.52. The minimum atomic E-state index is -3.67. The van der Waals surface area contributed by atoms with Gasteiger partial charge in [-0.2, -0.15) is 19.7 Å². The largest absolute Gasteiger partial charge is 0.379 e. The third kappa shape index (κ3) is 3.77. The molecule has 150 valence electrons. The van der Waals surface area contributed by atoms with E-state index in [9.17, 15) is 13.2 Å². The number of aromatic amines is 1. The van der Waals surface area contributed by atoms with E-state index in [1.165, 1.54) is 22.5 Å². The van der Waals surface area contributed by atoms with Crippen LogP contribution in [0.2, 0.25) is 5.02 Å². The Morgan fingerprint density at radius 3 is 2.79 bits per heavy atom. The molecule has 1 saturated heterocycles. The van der Waals surface area contributed by atoms with Crippen LogP contribution in [-0.2, 0) is 32.4 Å². The molecule has 2 heterocycles. The van der Waals surface area contributed by atoms with Crippen molar-refractivity contribution in [2.75, 3.05) is 31.6 Å². The number of anilines is 1. The van der Waals surface area contributed by atoms with Crippen molar-refractivity contribution in [1.82, 2.24) is 19.7 Å². The fourth-order valence-corrected chi connectivity index (χ4v) is 5.04. The van der Waals surface area contributed by atoms with Gasteiger partial charge in [-0.3, -0.25) is 4.79 Å². The molecule has 0 spiro atoms. The summed E-state index contributed by atoms with van der Waals surface area (Å²) in [6.45, 7) is 1.33. The van der Waals surface area contributed by atoms with Gasteiger partial charge in [-0.25, -0.2) is 8.42 Å². The zero-order valence-electron chi connectivity index (χ0n) is 15.0. The lowest BCUT2D eigenvalue weighted by Gasteiger charge is -2.26. The standard InChI is InChI=1S/C17H20ClN5O4S/c18-13-3-2-12(28(25,26)23-5-7-27-8-6-23)10-15(13)19-17(24)11-1-4-14-16(9-11)21-22-20-14/h2-3,10-11H,1,4-9H2,(H,19,24)(H,20,21,22). The molecule has 4 rings (SSSR count). The second-order valence-electron chi connectivity index (χ2n) is 6.80. The number of carbonyl (C=O) groups is 1. The Morgan fingerprint density at radius 2 is 2.00 bits per heavy atom. The average Bonchev–Trinajstić information content (AvgIpc) is 3.18. The third-order valence-corrected chi connectivity index (χ3v) is 7.27. The highest BCUT2D eigenvalue weighted by Gasteiger charge is 2.29. The van der Waals surface area contributed by atoms with E-state index in [2.05, 4.69) is 20.7 Å². The van der Waals surface area contributed by atoms with Crippen LogP contribution in [0.5, 0.6) is 0 Å². The van der Waals surface area contributed by atoms with E-state index in [-0.39, 0.29) is 27.4 Å². The zero-order valence-corrected chi connectivity index (χ0v) is 16.6. The molecule has 1 aromatic heterocycles. The third-order valence-electron chi connectivity index (χ3n) is 5.05.